The molecule has 0 unspecified atom stereocenters. The van der Waals surface area contributed by atoms with Crippen molar-refractivity contribution in [2.24, 2.45) is 0 Å². The molecule has 4 rings (SSSR count). The number of nitro groups is 1. The fourth-order valence-corrected chi connectivity index (χ4v) is 4.89. The zero-order valence-corrected chi connectivity index (χ0v) is 20.2. The summed E-state index contributed by atoms with van der Waals surface area (Å²) in [4.78, 5) is 10.7. The third kappa shape index (κ3) is 5.05. The third-order valence-corrected chi connectivity index (χ3v) is 6.64. The van der Waals surface area contributed by atoms with Gasteiger partial charge < -0.3 is 0 Å². The van der Waals surface area contributed by atoms with Crippen LogP contribution in [0.4, 0.5) is 5.69 Å². The number of para-hydroxylation sites is 1. The van der Waals surface area contributed by atoms with Gasteiger partial charge in [-0.1, -0.05) is 79.1 Å². The normalized spacial score (nSPS) is 11.2. The number of nitrogens with zero attached hydrogens (tertiary/aromatic N) is 4. The summed E-state index contributed by atoms with van der Waals surface area (Å²) >= 11 is 14.1. The number of hydrogen-bond acceptors (Lipinski definition) is 5. The molecule has 0 aliphatic heterocycles. The van der Waals surface area contributed by atoms with Gasteiger partial charge in [0.25, 0.3) is 5.69 Å². The van der Waals surface area contributed by atoms with Gasteiger partial charge in [0.2, 0.25) is 0 Å². The van der Waals surface area contributed by atoms with E-state index in [1.54, 1.807) is 24.3 Å². The standard InChI is InChI=1S/C24H20Cl2N4O2S/c1-15(2)19-8-3-4-9-22(19)29-23(20-11-10-17(25)13-21(20)26)27-28-24(29)33-14-16-6-5-7-18(12-16)30(31)32/h3-13,15H,14H2,1-2H3. The van der Waals surface area contributed by atoms with Gasteiger partial charge >= 0.3 is 0 Å². The van der Waals surface area contributed by atoms with Crippen LogP contribution in [0.5, 0.6) is 0 Å². The molecule has 0 amide bonds. The maximum absolute atomic E-state index is 11.1. The van der Waals surface area contributed by atoms with E-state index in [4.69, 9.17) is 23.2 Å². The molecule has 4 aromatic rings. The molecule has 168 valence electrons. The highest BCUT2D eigenvalue weighted by Crippen LogP contribution is 2.36. The Kier molecular flexibility index (Phi) is 7.02. The van der Waals surface area contributed by atoms with E-state index in [2.05, 4.69) is 30.1 Å². The molecule has 33 heavy (non-hydrogen) atoms. The zero-order chi connectivity index (χ0) is 23.5. The largest absolute Gasteiger partial charge is 0.270 e. The van der Waals surface area contributed by atoms with E-state index >= 15 is 0 Å². The van der Waals surface area contributed by atoms with E-state index in [0.29, 0.717) is 32.3 Å². The fourth-order valence-electron chi connectivity index (χ4n) is 3.51. The Morgan fingerprint density at radius 1 is 1.03 bits per heavy atom. The second kappa shape index (κ2) is 9.95. The number of thioether (sulfide) groups is 1. The molecule has 0 N–H and O–H groups in total. The SMILES string of the molecule is CC(C)c1ccccc1-n1c(SCc2cccc([N+](=O)[O-])c2)nnc1-c1ccc(Cl)cc1Cl. The van der Waals surface area contributed by atoms with Gasteiger partial charge in [0, 0.05) is 28.5 Å². The number of nitro benzene ring substituents is 1. The van der Waals surface area contributed by atoms with Gasteiger partial charge in [0.05, 0.1) is 15.6 Å². The second-order valence-corrected chi connectivity index (χ2v) is 9.48. The van der Waals surface area contributed by atoms with Crippen LogP contribution in [0.2, 0.25) is 10.0 Å². The maximum Gasteiger partial charge on any atom is 0.269 e. The van der Waals surface area contributed by atoms with Gasteiger partial charge in [-0.25, -0.2) is 0 Å². The summed E-state index contributed by atoms with van der Waals surface area (Å²) in [5, 5.41) is 21.7. The van der Waals surface area contributed by atoms with Crippen molar-refractivity contribution in [3.8, 4) is 17.1 Å². The third-order valence-electron chi connectivity index (χ3n) is 5.09. The van der Waals surface area contributed by atoms with Crippen LogP contribution >= 0.6 is 35.0 Å². The minimum atomic E-state index is -0.393. The van der Waals surface area contributed by atoms with E-state index in [1.165, 1.54) is 17.8 Å². The predicted molar refractivity (Wildman–Crippen MR) is 134 cm³/mol. The number of non-ortho nitro benzene ring substituents is 1. The summed E-state index contributed by atoms with van der Waals surface area (Å²) < 4.78 is 1.99. The van der Waals surface area contributed by atoms with E-state index in [9.17, 15) is 10.1 Å². The van der Waals surface area contributed by atoms with Gasteiger partial charge in [-0.15, -0.1) is 10.2 Å². The summed E-state index contributed by atoms with van der Waals surface area (Å²) in [5.74, 6) is 1.37. The van der Waals surface area contributed by atoms with Crippen molar-refractivity contribution in [2.75, 3.05) is 0 Å². The van der Waals surface area contributed by atoms with Crippen molar-refractivity contribution >= 4 is 40.7 Å². The van der Waals surface area contributed by atoms with E-state index in [-0.39, 0.29) is 11.6 Å². The van der Waals surface area contributed by atoms with Crippen LogP contribution in [-0.4, -0.2) is 19.7 Å². The van der Waals surface area contributed by atoms with Crippen LogP contribution in [0.3, 0.4) is 0 Å². The van der Waals surface area contributed by atoms with Gasteiger partial charge in [-0.05, 0) is 41.3 Å². The second-order valence-electron chi connectivity index (χ2n) is 7.69. The molecule has 0 atom stereocenters. The van der Waals surface area contributed by atoms with Crippen molar-refractivity contribution < 1.29 is 4.92 Å². The average molecular weight is 499 g/mol. The van der Waals surface area contributed by atoms with Crippen molar-refractivity contribution in [3.05, 3.63) is 98.0 Å². The lowest BCUT2D eigenvalue weighted by atomic mass is 10.0. The summed E-state index contributed by atoms with van der Waals surface area (Å²) in [7, 11) is 0. The number of hydrogen-bond donors (Lipinski definition) is 0. The first-order chi connectivity index (χ1) is 15.8. The molecule has 0 saturated carbocycles. The van der Waals surface area contributed by atoms with Crippen LogP contribution in [0.25, 0.3) is 17.1 Å². The lowest BCUT2D eigenvalue weighted by Gasteiger charge is -2.17. The van der Waals surface area contributed by atoms with E-state index in [1.807, 2.05) is 34.9 Å². The van der Waals surface area contributed by atoms with Crippen molar-refractivity contribution in [1.29, 1.82) is 0 Å². The van der Waals surface area contributed by atoms with Crippen LogP contribution in [0.1, 0.15) is 30.9 Å². The van der Waals surface area contributed by atoms with E-state index in [0.717, 1.165) is 16.8 Å². The van der Waals surface area contributed by atoms with Crippen LogP contribution < -0.4 is 0 Å². The Morgan fingerprint density at radius 3 is 2.55 bits per heavy atom. The molecule has 9 heteroatoms. The molecule has 0 saturated heterocycles. The molecule has 0 radical (unpaired) electrons. The predicted octanol–water partition coefficient (Wildman–Crippen LogP) is 7.57. The molecule has 1 aromatic heterocycles. The van der Waals surface area contributed by atoms with Gasteiger partial charge in [-0.2, -0.15) is 0 Å². The van der Waals surface area contributed by atoms with Gasteiger partial charge in [-0.3, -0.25) is 14.7 Å². The molecule has 0 aliphatic rings. The highest BCUT2D eigenvalue weighted by atomic mass is 35.5. The Bertz CT molecular complexity index is 1320. The van der Waals surface area contributed by atoms with E-state index < -0.39 is 4.92 Å². The molecule has 6 nitrogen and oxygen atoms in total. The minimum Gasteiger partial charge on any atom is -0.270 e. The van der Waals surface area contributed by atoms with Gasteiger partial charge in [0.1, 0.15) is 0 Å². The molecule has 1 heterocycles. The first-order valence-electron chi connectivity index (χ1n) is 10.2. The zero-order valence-electron chi connectivity index (χ0n) is 17.9. The quantitative estimate of drug-likeness (QED) is 0.149. The Morgan fingerprint density at radius 2 is 1.82 bits per heavy atom. The molecule has 0 aliphatic carbocycles. The van der Waals surface area contributed by atoms with Crippen molar-refractivity contribution in [3.63, 3.8) is 0 Å². The Hall–Kier alpha value is -2.87. The lowest BCUT2D eigenvalue weighted by Crippen LogP contribution is -2.05. The average Bonchev–Trinajstić information content (AvgIpc) is 3.21. The summed E-state index contributed by atoms with van der Waals surface area (Å²) in [6, 6.07) is 20.0. The molecule has 3 aromatic carbocycles. The first kappa shape index (κ1) is 23.3. The lowest BCUT2D eigenvalue weighted by molar-refractivity contribution is -0.384. The highest BCUT2D eigenvalue weighted by Gasteiger charge is 2.21. The topological polar surface area (TPSA) is 73.8 Å². The Balaban J connectivity index is 1.81. The molecule has 0 fully saturated rings. The molecule has 0 spiro atoms. The van der Waals surface area contributed by atoms with Crippen molar-refractivity contribution in [2.45, 2.75) is 30.7 Å². The fraction of sp³-hybridized carbons (Fsp3) is 0.167. The first-order valence-corrected chi connectivity index (χ1v) is 12.0. The molecular weight excluding hydrogens is 479 g/mol. The number of benzene rings is 3. The van der Waals surface area contributed by atoms with Crippen LogP contribution in [0, 0.1) is 10.1 Å². The smallest absolute Gasteiger partial charge is 0.269 e. The van der Waals surface area contributed by atoms with Crippen LogP contribution in [0.15, 0.2) is 71.9 Å². The van der Waals surface area contributed by atoms with Crippen molar-refractivity contribution in [1.82, 2.24) is 14.8 Å². The summed E-state index contributed by atoms with van der Waals surface area (Å²) in [5.41, 5.74) is 3.70. The summed E-state index contributed by atoms with van der Waals surface area (Å²) in [6.45, 7) is 4.27. The molecule has 0 bridgehead atoms. The Labute approximate surface area is 205 Å². The van der Waals surface area contributed by atoms with Gasteiger partial charge in [0.15, 0.2) is 11.0 Å². The number of rotatable bonds is 7. The van der Waals surface area contributed by atoms with Crippen LogP contribution in [-0.2, 0) is 5.75 Å². The maximum atomic E-state index is 11.1. The minimum absolute atomic E-state index is 0.0633. The monoisotopic (exact) mass is 498 g/mol. The number of halogens is 2. The number of aromatic nitrogens is 3. The molecular formula is C24H20Cl2N4O2S. The highest BCUT2D eigenvalue weighted by molar-refractivity contribution is 7.98. The summed E-state index contributed by atoms with van der Waals surface area (Å²) in [6.07, 6.45) is 0.